The zero-order valence-corrected chi connectivity index (χ0v) is 26.1. The average molecular weight is 651 g/mol. The molecule has 4 aliphatic rings. The van der Waals surface area contributed by atoms with E-state index in [9.17, 15) is 9.18 Å². The van der Waals surface area contributed by atoms with Gasteiger partial charge >= 0.3 is 6.01 Å². The summed E-state index contributed by atoms with van der Waals surface area (Å²) in [6, 6.07) is 1.85. The van der Waals surface area contributed by atoms with Crippen LogP contribution in [0, 0.1) is 12.7 Å². The number of ether oxygens (including phenoxy) is 2. The van der Waals surface area contributed by atoms with Gasteiger partial charge in [0.15, 0.2) is 5.82 Å². The lowest BCUT2D eigenvalue weighted by atomic mass is 9.91. The van der Waals surface area contributed by atoms with Crippen LogP contribution in [0.3, 0.4) is 0 Å². The molecule has 4 fully saturated rings. The zero-order chi connectivity index (χ0) is 31.8. The lowest BCUT2D eigenvalue weighted by Crippen LogP contribution is -2.72. The molecule has 1 spiro atoms. The third-order valence-electron chi connectivity index (χ3n) is 10.1. The highest BCUT2D eigenvalue weighted by atomic mass is 35.5. The molecular formula is C32H33ClF2N8O3. The number of halogens is 3. The Labute approximate surface area is 268 Å². The summed E-state index contributed by atoms with van der Waals surface area (Å²) in [5.41, 5.74) is 0.905. The molecule has 0 unspecified atom stereocenters. The molecule has 0 saturated carbocycles. The molecule has 3 aromatic heterocycles. The second kappa shape index (κ2) is 10.8. The minimum Gasteiger partial charge on any atom is -0.461 e. The van der Waals surface area contributed by atoms with Gasteiger partial charge in [-0.15, -0.1) is 0 Å². The van der Waals surface area contributed by atoms with Crippen LogP contribution in [0.5, 0.6) is 6.01 Å². The fourth-order valence-electron chi connectivity index (χ4n) is 7.78. The number of nitrogens with zero attached hydrogens (tertiary/aromatic N) is 7. The van der Waals surface area contributed by atoms with Gasteiger partial charge in [-0.05, 0) is 44.0 Å². The number of rotatable bonds is 6. The number of amides is 1. The number of nitrogens with one attached hydrogen (secondary N) is 1. The van der Waals surface area contributed by atoms with Gasteiger partial charge in [0.05, 0.1) is 40.9 Å². The molecule has 8 rings (SSSR count). The molecule has 240 valence electrons. The summed E-state index contributed by atoms with van der Waals surface area (Å²) in [7, 11) is 0. The van der Waals surface area contributed by atoms with Gasteiger partial charge in [0.1, 0.15) is 35.3 Å². The number of piperazine rings is 1. The molecule has 1 amide bonds. The van der Waals surface area contributed by atoms with E-state index in [0.29, 0.717) is 78.5 Å². The van der Waals surface area contributed by atoms with E-state index in [1.165, 1.54) is 6.08 Å². The highest BCUT2D eigenvalue weighted by molar-refractivity contribution is 6.35. The number of aromatic nitrogens is 5. The summed E-state index contributed by atoms with van der Waals surface area (Å²) in [6.07, 6.45) is 5.70. The molecule has 14 heteroatoms. The molecule has 0 radical (unpaired) electrons. The maximum Gasteiger partial charge on any atom is 0.319 e. The number of aromatic amines is 1. The molecule has 2 atom stereocenters. The van der Waals surface area contributed by atoms with E-state index in [1.807, 2.05) is 17.9 Å². The standard InChI is InChI=1S/C32H33ClF2N8O3/c1-3-23(44)43-8-7-41(14-32(43)15-45-16-32)29-21-11-36-28(24-20-12-37-40-22(20)9-18(2)25(24)33)26(35)27(21)38-30(39-29)46-17-31-5-4-6-42(31)13-19(34)10-31/h3,9,11-12,19H,1,4-8,10,13-17H2,2H3,(H,37,40)/t19-,31+/m1/s1. The Kier molecular flexibility index (Phi) is 6.93. The van der Waals surface area contributed by atoms with E-state index >= 15 is 4.39 Å². The number of hydrogen-bond donors (Lipinski definition) is 1. The van der Waals surface area contributed by atoms with E-state index in [1.54, 1.807) is 17.3 Å². The summed E-state index contributed by atoms with van der Waals surface area (Å²) in [5.74, 6) is -0.400. The molecule has 0 bridgehead atoms. The first kappa shape index (κ1) is 29.5. The fourth-order valence-corrected chi connectivity index (χ4v) is 8.02. The molecule has 46 heavy (non-hydrogen) atoms. The Morgan fingerprint density at radius 1 is 1.26 bits per heavy atom. The van der Waals surface area contributed by atoms with Crippen molar-refractivity contribution in [1.82, 2.24) is 34.9 Å². The van der Waals surface area contributed by atoms with E-state index in [-0.39, 0.29) is 29.7 Å². The van der Waals surface area contributed by atoms with Crippen LogP contribution in [0.2, 0.25) is 5.02 Å². The van der Waals surface area contributed by atoms with Crippen molar-refractivity contribution in [2.75, 3.05) is 57.4 Å². The second-order valence-corrected chi connectivity index (χ2v) is 13.3. The predicted octanol–water partition coefficient (Wildman–Crippen LogP) is 4.23. The Hall–Kier alpha value is -3.94. The Balaban J connectivity index is 1.24. The van der Waals surface area contributed by atoms with Gasteiger partial charge in [0, 0.05) is 49.7 Å². The third kappa shape index (κ3) is 4.46. The van der Waals surface area contributed by atoms with Crippen molar-refractivity contribution in [2.45, 2.75) is 43.4 Å². The van der Waals surface area contributed by atoms with Crippen LogP contribution in [0.25, 0.3) is 33.1 Å². The Morgan fingerprint density at radius 3 is 2.89 bits per heavy atom. The minimum atomic E-state index is -0.919. The summed E-state index contributed by atoms with van der Waals surface area (Å²) in [4.78, 5) is 32.7. The fraction of sp³-hybridized carbons (Fsp3) is 0.469. The van der Waals surface area contributed by atoms with Crippen LogP contribution >= 0.6 is 11.6 Å². The average Bonchev–Trinajstić information content (AvgIpc) is 3.73. The number of aryl methyl sites for hydroxylation is 1. The number of carbonyl (C=O) groups is 1. The van der Waals surface area contributed by atoms with Crippen LogP contribution in [0.1, 0.15) is 24.8 Å². The topological polar surface area (TPSA) is 113 Å². The summed E-state index contributed by atoms with van der Waals surface area (Å²) in [5, 5.41) is 8.45. The number of benzene rings is 1. The van der Waals surface area contributed by atoms with Gasteiger partial charge in [-0.2, -0.15) is 15.1 Å². The number of anilines is 1. The summed E-state index contributed by atoms with van der Waals surface area (Å²) < 4.78 is 43.2. The number of alkyl halides is 1. The van der Waals surface area contributed by atoms with Crippen molar-refractivity contribution < 1.29 is 23.0 Å². The van der Waals surface area contributed by atoms with Crippen molar-refractivity contribution in [3.63, 3.8) is 0 Å². The Bertz CT molecular complexity index is 1900. The molecule has 4 aromatic rings. The zero-order valence-electron chi connectivity index (χ0n) is 25.4. The van der Waals surface area contributed by atoms with Gasteiger partial charge in [-0.25, -0.2) is 8.78 Å². The Morgan fingerprint density at radius 2 is 2.11 bits per heavy atom. The lowest BCUT2D eigenvalue weighted by Gasteiger charge is -2.55. The highest BCUT2D eigenvalue weighted by Gasteiger charge is 2.51. The van der Waals surface area contributed by atoms with Crippen LogP contribution < -0.4 is 9.64 Å². The number of pyridine rings is 1. The molecule has 11 nitrogen and oxygen atoms in total. The van der Waals surface area contributed by atoms with Crippen molar-refractivity contribution in [1.29, 1.82) is 0 Å². The van der Waals surface area contributed by atoms with Crippen molar-refractivity contribution in [3.05, 3.63) is 47.5 Å². The van der Waals surface area contributed by atoms with Gasteiger partial charge < -0.3 is 19.3 Å². The third-order valence-corrected chi connectivity index (χ3v) is 10.6. The lowest BCUT2D eigenvalue weighted by molar-refractivity contribution is -0.164. The molecule has 7 heterocycles. The first-order chi connectivity index (χ1) is 22.2. The van der Waals surface area contributed by atoms with Gasteiger partial charge in [-0.3, -0.25) is 19.8 Å². The quantitative estimate of drug-likeness (QED) is 0.307. The van der Waals surface area contributed by atoms with Gasteiger partial charge in [-0.1, -0.05) is 18.2 Å². The predicted molar refractivity (Wildman–Crippen MR) is 168 cm³/mol. The number of H-pyrrole nitrogens is 1. The summed E-state index contributed by atoms with van der Waals surface area (Å²) in [6.45, 7) is 8.85. The SMILES string of the molecule is C=CC(=O)N1CCN(c2nc(OC[C@@]34CCCN3C[C@H](F)C4)nc3c(F)c(-c4c(Cl)c(C)cc5[nH]ncc45)ncc23)CC12COC2. The van der Waals surface area contributed by atoms with E-state index < -0.39 is 23.1 Å². The second-order valence-electron chi connectivity index (χ2n) is 12.9. The molecule has 0 aliphatic carbocycles. The van der Waals surface area contributed by atoms with Crippen LogP contribution in [-0.2, 0) is 9.53 Å². The highest BCUT2D eigenvalue weighted by Crippen LogP contribution is 2.43. The van der Waals surface area contributed by atoms with Crippen molar-refractivity contribution >= 4 is 45.1 Å². The van der Waals surface area contributed by atoms with Crippen molar-refractivity contribution in [3.8, 4) is 17.3 Å². The smallest absolute Gasteiger partial charge is 0.319 e. The van der Waals surface area contributed by atoms with Gasteiger partial charge in [0.25, 0.3) is 0 Å². The van der Waals surface area contributed by atoms with Crippen LogP contribution in [0.4, 0.5) is 14.6 Å². The minimum absolute atomic E-state index is 0.00520. The normalized spacial score (nSPS) is 24.1. The number of carbonyl (C=O) groups excluding carboxylic acids is 1. The first-order valence-corrected chi connectivity index (χ1v) is 15.9. The number of fused-ring (bicyclic) bond motifs is 3. The first-order valence-electron chi connectivity index (χ1n) is 15.5. The largest absolute Gasteiger partial charge is 0.461 e. The number of hydrogen-bond acceptors (Lipinski definition) is 9. The maximum absolute atomic E-state index is 16.8. The van der Waals surface area contributed by atoms with E-state index in [2.05, 4.69) is 31.6 Å². The van der Waals surface area contributed by atoms with E-state index in [4.69, 9.17) is 26.1 Å². The molecule has 1 aromatic carbocycles. The van der Waals surface area contributed by atoms with Gasteiger partial charge in [0.2, 0.25) is 5.91 Å². The molecule has 4 aliphatic heterocycles. The van der Waals surface area contributed by atoms with Crippen LogP contribution in [0.15, 0.2) is 31.1 Å². The summed E-state index contributed by atoms with van der Waals surface area (Å²) >= 11 is 6.76. The van der Waals surface area contributed by atoms with Crippen LogP contribution in [-0.4, -0.2) is 111 Å². The van der Waals surface area contributed by atoms with Crippen molar-refractivity contribution in [2.24, 2.45) is 0 Å². The molecular weight excluding hydrogens is 618 g/mol. The molecule has 4 saturated heterocycles. The monoisotopic (exact) mass is 650 g/mol. The molecule has 1 N–H and O–H groups in total. The maximum atomic E-state index is 16.8. The van der Waals surface area contributed by atoms with E-state index in [0.717, 1.165) is 24.9 Å².